The van der Waals surface area contributed by atoms with Gasteiger partial charge in [-0.1, -0.05) is 24.3 Å². The number of rotatable bonds is 9. The molecule has 0 spiro atoms. The van der Waals surface area contributed by atoms with Crippen molar-refractivity contribution in [2.75, 3.05) is 20.3 Å². The smallest absolute Gasteiger partial charge is 0.310 e. The minimum atomic E-state index is -0.282. The molecule has 0 fully saturated rings. The standard InChI is InChI=1S/C21H24N4O4/c1-24-15-18(14-22-24)25-8-7-20(26)19(23-25)12-16-5-3-6-17(11-16)13-21(27)29-10-4-9-28-2/h3,5-8,11,14-15H,4,9-10,12-13H2,1-2H3. The first-order chi connectivity index (χ1) is 14.0. The fourth-order valence-electron chi connectivity index (χ4n) is 2.89. The fraction of sp³-hybridized carbons (Fsp3) is 0.333. The fourth-order valence-corrected chi connectivity index (χ4v) is 2.89. The van der Waals surface area contributed by atoms with Crippen LogP contribution in [0.5, 0.6) is 0 Å². The van der Waals surface area contributed by atoms with E-state index < -0.39 is 0 Å². The average Bonchev–Trinajstić information content (AvgIpc) is 3.14. The van der Waals surface area contributed by atoms with E-state index in [0.29, 0.717) is 31.7 Å². The van der Waals surface area contributed by atoms with Crippen molar-refractivity contribution >= 4 is 5.97 Å². The summed E-state index contributed by atoms with van der Waals surface area (Å²) in [6.07, 6.45) is 6.35. The Morgan fingerprint density at radius 1 is 1.17 bits per heavy atom. The van der Waals surface area contributed by atoms with Crippen LogP contribution in [-0.4, -0.2) is 45.9 Å². The summed E-state index contributed by atoms with van der Waals surface area (Å²) in [6.45, 7) is 0.900. The molecule has 29 heavy (non-hydrogen) atoms. The van der Waals surface area contributed by atoms with Crippen molar-refractivity contribution in [1.82, 2.24) is 19.6 Å². The molecule has 0 unspecified atom stereocenters. The third-order valence-corrected chi connectivity index (χ3v) is 4.30. The zero-order valence-corrected chi connectivity index (χ0v) is 16.6. The predicted octanol–water partition coefficient (Wildman–Crippen LogP) is 1.68. The van der Waals surface area contributed by atoms with Gasteiger partial charge in [0.25, 0.3) is 0 Å². The molecule has 0 saturated heterocycles. The molecule has 2 aromatic heterocycles. The summed E-state index contributed by atoms with van der Waals surface area (Å²) in [5, 5.41) is 8.57. The van der Waals surface area contributed by atoms with Gasteiger partial charge < -0.3 is 9.47 Å². The molecule has 0 N–H and O–H groups in total. The number of hydrogen-bond acceptors (Lipinski definition) is 6. The van der Waals surface area contributed by atoms with Crippen molar-refractivity contribution < 1.29 is 14.3 Å². The van der Waals surface area contributed by atoms with Crippen LogP contribution in [0.15, 0.2) is 53.7 Å². The van der Waals surface area contributed by atoms with Gasteiger partial charge in [0.2, 0.25) is 5.43 Å². The molecule has 1 aromatic carbocycles. The Balaban J connectivity index is 1.68. The molecule has 0 atom stereocenters. The number of carbonyl (C=O) groups is 1. The maximum atomic E-state index is 12.3. The highest BCUT2D eigenvalue weighted by atomic mass is 16.5. The van der Waals surface area contributed by atoms with Gasteiger partial charge in [-0.3, -0.25) is 14.3 Å². The largest absolute Gasteiger partial charge is 0.465 e. The van der Waals surface area contributed by atoms with E-state index in [-0.39, 0.29) is 17.8 Å². The van der Waals surface area contributed by atoms with Gasteiger partial charge in [0.15, 0.2) is 0 Å². The van der Waals surface area contributed by atoms with Crippen LogP contribution in [0.25, 0.3) is 5.69 Å². The quantitative estimate of drug-likeness (QED) is 0.404. The normalized spacial score (nSPS) is 10.8. The Labute approximate surface area is 168 Å². The van der Waals surface area contributed by atoms with Crippen LogP contribution in [0.3, 0.4) is 0 Å². The zero-order valence-electron chi connectivity index (χ0n) is 16.6. The topological polar surface area (TPSA) is 88.2 Å². The van der Waals surface area contributed by atoms with Gasteiger partial charge >= 0.3 is 5.97 Å². The third-order valence-electron chi connectivity index (χ3n) is 4.30. The number of nitrogens with zero attached hydrogens (tertiary/aromatic N) is 4. The van der Waals surface area contributed by atoms with Crippen LogP contribution >= 0.6 is 0 Å². The second kappa shape index (κ2) is 9.79. The van der Waals surface area contributed by atoms with E-state index >= 15 is 0 Å². The number of aryl methyl sites for hydroxylation is 1. The number of hydrogen-bond donors (Lipinski definition) is 0. The van der Waals surface area contributed by atoms with Crippen LogP contribution in [0.4, 0.5) is 0 Å². The summed E-state index contributed by atoms with van der Waals surface area (Å²) >= 11 is 0. The molecule has 3 aromatic rings. The number of aromatic nitrogens is 4. The van der Waals surface area contributed by atoms with E-state index in [0.717, 1.165) is 16.8 Å². The molecular weight excluding hydrogens is 372 g/mol. The van der Waals surface area contributed by atoms with E-state index in [2.05, 4.69) is 10.2 Å². The maximum Gasteiger partial charge on any atom is 0.310 e. The van der Waals surface area contributed by atoms with E-state index in [1.807, 2.05) is 37.5 Å². The van der Waals surface area contributed by atoms with Crippen LogP contribution < -0.4 is 5.43 Å². The molecule has 8 nitrogen and oxygen atoms in total. The Morgan fingerprint density at radius 2 is 2.00 bits per heavy atom. The lowest BCUT2D eigenvalue weighted by atomic mass is 10.0. The van der Waals surface area contributed by atoms with Crippen LogP contribution in [0.1, 0.15) is 23.2 Å². The Bertz CT molecular complexity index is 1030. The van der Waals surface area contributed by atoms with E-state index in [4.69, 9.17) is 9.47 Å². The van der Waals surface area contributed by atoms with Gasteiger partial charge in [-0.25, -0.2) is 4.68 Å². The maximum absolute atomic E-state index is 12.3. The molecule has 0 saturated carbocycles. The lowest BCUT2D eigenvalue weighted by Gasteiger charge is -2.08. The molecule has 8 heteroatoms. The summed E-state index contributed by atoms with van der Waals surface area (Å²) in [5.41, 5.74) is 2.81. The number of esters is 1. The van der Waals surface area contributed by atoms with Crippen molar-refractivity contribution in [3.05, 3.63) is 76.0 Å². The second-order valence-corrected chi connectivity index (χ2v) is 6.68. The molecule has 152 valence electrons. The first-order valence-electron chi connectivity index (χ1n) is 9.35. The predicted molar refractivity (Wildman–Crippen MR) is 107 cm³/mol. The van der Waals surface area contributed by atoms with Crippen LogP contribution in [0, 0.1) is 0 Å². The van der Waals surface area contributed by atoms with Crippen molar-refractivity contribution in [3.8, 4) is 5.69 Å². The molecule has 0 aliphatic carbocycles. The van der Waals surface area contributed by atoms with Crippen molar-refractivity contribution in [1.29, 1.82) is 0 Å². The summed E-state index contributed by atoms with van der Waals surface area (Å²) in [4.78, 5) is 24.2. The highest BCUT2D eigenvalue weighted by Crippen LogP contribution is 2.11. The Morgan fingerprint density at radius 3 is 2.76 bits per heavy atom. The summed E-state index contributed by atoms with van der Waals surface area (Å²) in [7, 11) is 3.43. The molecule has 0 radical (unpaired) electrons. The summed E-state index contributed by atoms with van der Waals surface area (Å²) in [5.74, 6) is -0.282. The highest BCUT2D eigenvalue weighted by Gasteiger charge is 2.09. The van der Waals surface area contributed by atoms with Gasteiger partial charge in [0, 0.05) is 45.9 Å². The molecule has 0 bridgehead atoms. The minimum absolute atomic E-state index is 0.131. The first-order valence-corrected chi connectivity index (χ1v) is 9.35. The third kappa shape index (κ3) is 5.86. The SMILES string of the molecule is COCCCOC(=O)Cc1cccc(Cc2nn(-c3cnn(C)c3)ccc2=O)c1. The van der Waals surface area contributed by atoms with Crippen LogP contribution in [-0.2, 0) is 34.2 Å². The van der Waals surface area contributed by atoms with Crippen LogP contribution in [0.2, 0.25) is 0 Å². The molecule has 0 amide bonds. The molecule has 0 aliphatic heterocycles. The van der Waals surface area contributed by atoms with E-state index in [1.165, 1.54) is 6.07 Å². The lowest BCUT2D eigenvalue weighted by molar-refractivity contribution is -0.143. The summed E-state index contributed by atoms with van der Waals surface area (Å²) < 4.78 is 13.4. The zero-order chi connectivity index (χ0) is 20.6. The number of methoxy groups -OCH3 is 1. The highest BCUT2D eigenvalue weighted by molar-refractivity contribution is 5.72. The van der Waals surface area contributed by atoms with Gasteiger partial charge in [0.1, 0.15) is 11.4 Å². The molecule has 0 aliphatic rings. The average molecular weight is 396 g/mol. The number of ether oxygens (including phenoxy) is 2. The van der Waals surface area contributed by atoms with E-state index in [1.54, 1.807) is 28.9 Å². The molecule has 2 heterocycles. The van der Waals surface area contributed by atoms with Gasteiger partial charge in [0.05, 0.1) is 25.4 Å². The van der Waals surface area contributed by atoms with Gasteiger partial charge in [-0.2, -0.15) is 10.2 Å². The van der Waals surface area contributed by atoms with Gasteiger partial charge in [-0.15, -0.1) is 0 Å². The minimum Gasteiger partial charge on any atom is -0.465 e. The monoisotopic (exact) mass is 396 g/mol. The van der Waals surface area contributed by atoms with Crippen molar-refractivity contribution in [3.63, 3.8) is 0 Å². The Kier molecular flexibility index (Phi) is 6.91. The van der Waals surface area contributed by atoms with Crippen molar-refractivity contribution in [2.45, 2.75) is 19.3 Å². The number of carbonyl (C=O) groups excluding carboxylic acids is 1. The first kappa shape index (κ1) is 20.5. The Hall–Kier alpha value is -3.26. The molecular formula is C21H24N4O4. The van der Waals surface area contributed by atoms with E-state index in [9.17, 15) is 9.59 Å². The second-order valence-electron chi connectivity index (χ2n) is 6.68. The number of benzene rings is 1. The lowest BCUT2D eigenvalue weighted by Crippen LogP contribution is -2.16. The summed E-state index contributed by atoms with van der Waals surface area (Å²) in [6, 6.07) is 9.04. The molecule has 3 rings (SSSR count). The van der Waals surface area contributed by atoms with Crippen molar-refractivity contribution in [2.24, 2.45) is 7.05 Å². The van der Waals surface area contributed by atoms with Gasteiger partial charge in [-0.05, 0) is 11.1 Å².